The summed E-state index contributed by atoms with van der Waals surface area (Å²) in [6.07, 6.45) is 2.64. The molecule has 1 aliphatic carbocycles. The van der Waals surface area contributed by atoms with Crippen molar-refractivity contribution in [3.05, 3.63) is 29.8 Å². The molecule has 164 valence electrons. The van der Waals surface area contributed by atoms with Crippen LogP contribution in [0.4, 0.5) is 13.2 Å². The molecular weight excluding hydrogens is 391 g/mol. The Morgan fingerprint density at radius 2 is 1.76 bits per heavy atom. The van der Waals surface area contributed by atoms with Crippen LogP contribution in [-0.2, 0) is 16.0 Å². The largest absolute Gasteiger partial charge is 0.493 e. The van der Waals surface area contributed by atoms with Crippen LogP contribution in [-0.4, -0.2) is 48.0 Å². The van der Waals surface area contributed by atoms with E-state index in [1.54, 1.807) is 0 Å². The van der Waals surface area contributed by atoms with Crippen molar-refractivity contribution in [2.24, 2.45) is 5.92 Å². The van der Waals surface area contributed by atoms with E-state index in [0.29, 0.717) is 6.54 Å². The highest BCUT2D eigenvalue weighted by atomic mass is 19.4. The van der Waals surface area contributed by atoms with Crippen molar-refractivity contribution >= 4 is 11.9 Å². The van der Waals surface area contributed by atoms with Gasteiger partial charge < -0.3 is 20.3 Å². The van der Waals surface area contributed by atoms with E-state index in [0.717, 1.165) is 31.2 Å². The molecule has 0 amide bonds. The summed E-state index contributed by atoms with van der Waals surface area (Å²) in [6, 6.07) is 8.24. The van der Waals surface area contributed by atoms with Crippen molar-refractivity contribution in [3.8, 4) is 5.75 Å². The van der Waals surface area contributed by atoms with E-state index in [2.05, 4.69) is 17.4 Å². The molecule has 1 aliphatic rings. The van der Waals surface area contributed by atoms with E-state index in [4.69, 9.17) is 19.7 Å². The molecule has 0 radical (unpaired) electrons. The lowest BCUT2D eigenvalue weighted by Crippen LogP contribution is -2.21. The van der Waals surface area contributed by atoms with Gasteiger partial charge in [-0.3, -0.25) is 4.79 Å². The molecule has 0 atom stereocenters. The zero-order valence-electron chi connectivity index (χ0n) is 16.2. The summed E-state index contributed by atoms with van der Waals surface area (Å²) in [7, 11) is 0. The molecule has 1 saturated carbocycles. The van der Waals surface area contributed by atoms with E-state index in [1.807, 2.05) is 12.1 Å². The normalized spacial score (nSPS) is 14.6. The highest BCUT2D eigenvalue weighted by molar-refractivity contribution is 5.73. The Morgan fingerprint density at radius 3 is 2.34 bits per heavy atom. The maximum atomic E-state index is 10.6. The number of carboxylic acids is 2. The van der Waals surface area contributed by atoms with Gasteiger partial charge in [0.2, 0.25) is 0 Å². The first-order valence-electron chi connectivity index (χ1n) is 9.63. The number of nitrogens with one attached hydrogen (secondary N) is 1. The third-order valence-corrected chi connectivity index (χ3v) is 4.46. The molecule has 3 N–H and O–H groups in total. The van der Waals surface area contributed by atoms with Crippen LogP contribution in [0.25, 0.3) is 0 Å². The number of halogens is 3. The molecule has 0 unspecified atom stereocenters. The van der Waals surface area contributed by atoms with E-state index in [1.165, 1.54) is 37.7 Å². The quantitative estimate of drug-likeness (QED) is 0.526. The molecule has 29 heavy (non-hydrogen) atoms. The second kappa shape index (κ2) is 13.0. The summed E-state index contributed by atoms with van der Waals surface area (Å²) in [5, 5.41) is 18.8. The molecule has 1 aromatic carbocycles. The van der Waals surface area contributed by atoms with Crippen molar-refractivity contribution in [2.45, 2.75) is 51.1 Å². The summed E-state index contributed by atoms with van der Waals surface area (Å²) < 4.78 is 37.7. The average molecular weight is 419 g/mol. The third-order valence-electron chi connectivity index (χ3n) is 4.46. The molecule has 6 nitrogen and oxygen atoms in total. The fourth-order valence-corrected chi connectivity index (χ4v) is 2.91. The topological polar surface area (TPSA) is 95.9 Å². The van der Waals surface area contributed by atoms with E-state index in [-0.39, 0.29) is 6.42 Å². The number of carbonyl (C=O) groups is 2. The molecule has 2 rings (SSSR count). The van der Waals surface area contributed by atoms with Gasteiger partial charge >= 0.3 is 18.1 Å². The first-order chi connectivity index (χ1) is 13.7. The minimum absolute atomic E-state index is 0.171. The molecule has 0 spiro atoms. The fourth-order valence-electron chi connectivity index (χ4n) is 2.91. The summed E-state index contributed by atoms with van der Waals surface area (Å²) in [5.74, 6) is -1.85. The molecule has 1 aromatic rings. The maximum absolute atomic E-state index is 10.6. The number of benzene rings is 1. The van der Waals surface area contributed by atoms with Crippen molar-refractivity contribution in [3.63, 3.8) is 0 Å². The van der Waals surface area contributed by atoms with Crippen molar-refractivity contribution in [2.75, 3.05) is 19.7 Å². The number of hydrogen-bond acceptors (Lipinski definition) is 4. The fraction of sp³-hybridized carbons (Fsp3) is 0.600. The third kappa shape index (κ3) is 12.0. The lowest BCUT2D eigenvalue weighted by Gasteiger charge is -2.21. The zero-order chi connectivity index (χ0) is 21.7. The zero-order valence-corrected chi connectivity index (χ0v) is 16.2. The highest BCUT2D eigenvalue weighted by Gasteiger charge is 2.38. The van der Waals surface area contributed by atoms with Crippen LogP contribution in [0.15, 0.2) is 24.3 Å². The van der Waals surface area contributed by atoms with Gasteiger partial charge in [-0.2, -0.15) is 13.2 Å². The Morgan fingerprint density at radius 1 is 1.10 bits per heavy atom. The van der Waals surface area contributed by atoms with Gasteiger partial charge in [-0.25, -0.2) is 4.79 Å². The maximum Gasteiger partial charge on any atom is 0.490 e. The molecule has 9 heteroatoms. The van der Waals surface area contributed by atoms with Gasteiger partial charge in [-0.1, -0.05) is 31.4 Å². The Bertz CT molecular complexity index is 631. The predicted octanol–water partition coefficient (Wildman–Crippen LogP) is 3.89. The monoisotopic (exact) mass is 419 g/mol. The van der Waals surface area contributed by atoms with Gasteiger partial charge in [-0.15, -0.1) is 0 Å². The van der Waals surface area contributed by atoms with Gasteiger partial charge in [0, 0.05) is 6.54 Å². The van der Waals surface area contributed by atoms with E-state index < -0.39 is 18.1 Å². The standard InChI is InChI=1S/C18H27NO3.C2HF3O2/c20-18(21)10-12-19-11-9-15-7-4-8-17(13-15)22-14-16-5-2-1-3-6-16;3-2(4,5)1(6)7/h4,7-8,13,16,19H,1-3,5-6,9-12,14H2,(H,20,21);(H,6,7). The van der Waals surface area contributed by atoms with Crippen LogP contribution in [0.1, 0.15) is 44.1 Å². The Kier molecular flexibility index (Phi) is 11.1. The molecule has 0 aliphatic heterocycles. The second-order valence-electron chi connectivity index (χ2n) is 6.91. The van der Waals surface area contributed by atoms with Gasteiger partial charge in [0.05, 0.1) is 13.0 Å². The average Bonchev–Trinajstić information content (AvgIpc) is 2.67. The Labute approximate surface area is 168 Å². The smallest absolute Gasteiger partial charge is 0.490 e. The summed E-state index contributed by atoms with van der Waals surface area (Å²) in [6.45, 7) is 2.15. The first kappa shape index (κ1) is 24.7. The van der Waals surface area contributed by atoms with Crippen LogP contribution in [0.3, 0.4) is 0 Å². The van der Waals surface area contributed by atoms with Crippen molar-refractivity contribution < 1.29 is 37.7 Å². The van der Waals surface area contributed by atoms with Crippen LogP contribution >= 0.6 is 0 Å². The summed E-state index contributed by atoms with van der Waals surface area (Å²) >= 11 is 0. The second-order valence-corrected chi connectivity index (χ2v) is 6.91. The molecule has 0 saturated heterocycles. The Balaban J connectivity index is 0.000000516. The van der Waals surface area contributed by atoms with Crippen LogP contribution in [0, 0.1) is 5.92 Å². The van der Waals surface area contributed by atoms with Gasteiger partial charge in [-0.05, 0) is 49.4 Å². The summed E-state index contributed by atoms with van der Waals surface area (Å²) in [5.41, 5.74) is 1.23. The minimum Gasteiger partial charge on any atom is -0.493 e. The predicted molar refractivity (Wildman–Crippen MR) is 101 cm³/mol. The number of alkyl halides is 3. The molecule has 1 fully saturated rings. The molecule has 0 bridgehead atoms. The number of aliphatic carboxylic acids is 2. The van der Waals surface area contributed by atoms with Gasteiger partial charge in [0.25, 0.3) is 0 Å². The molecular formula is C20H28F3NO5. The number of ether oxygens (including phenoxy) is 1. The number of rotatable bonds is 9. The van der Waals surface area contributed by atoms with Crippen LogP contribution in [0.5, 0.6) is 5.75 Å². The summed E-state index contributed by atoms with van der Waals surface area (Å²) in [4.78, 5) is 19.3. The molecule has 0 heterocycles. The number of carboxylic acid groups (broad SMARTS) is 2. The van der Waals surface area contributed by atoms with Crippen molar-refractivity contribution in [1.29, 1.82) is 0 Å². The van der Waals surface area contributed by atoms with E-state index in [9.17, 15) is 18.0 Å². The lowest BCUT2D eigenvalue weighted by atomic mass is 9.90. The van der Waals surface area contributed by atoms with Crippen LogP contribution < -0.4 is 10.1 Å². The first-order valence-corrected chi connectivity index (χ1v) is 9.63. The van der Waals surface area contributed by atoms with E-state index >= 15 is 0 Å². The minimum atomic E-state index is -5.08. The SMILES string of the molecule is O=C(O)C(F)(F)F.O=C(O)CCNCCc1cccc(OCC2CCCCC2)c1. The van der Waals surface area contributed by atoms with Gasteiger partial charge in [0.15, 0.2) is 0 Å². The lowest BCUT2D eigenvalue weighted by molar-refractivity contribution is -0.192. The van der Waals surface area contributed by atoms with Crippen LogP contribution in [0.2, 0.25) is 0 Å². The van der Waals surface area contributed by atoms with Gasteiger partial charge in [0.1, 0.15) is 5.75 Å². The number of hydrogen-bond donors (Lipinski definition) is 3. The van der Waals surface area contributed by atoms with Crippen molar-refractivity contribution in [1.82, 2.24) is 5.32 Å². The Hall–Kier alpha value is -2.29. The highest BCUT2D eigenvalue weighted by Crippen LogP contribution is 2.24. The molecule has 0 aromatic heterocycles.